The Morgan fingerprint density at radius 1 is 1.16 bits per heavy atom. The summed E-state index contributed by atoms with van der Waals surface area (Å²) in [5.41, 5.74) is 4.08. The molecule has 1 aliphatic heterocycles. The Labute approximate surface area is 234 Å². The summed E-state index contributed by atoms with van der Waals surface area (Å²) >= 11 is 9.26. The molecule has 0 spiro atoms. The van der Waals surface area contributed by atoms with Crippen molar-refractivity contribution in [2.75, 3.05) is 10.2 Å². The van der Waals surface area contributed by atoms with E-state index < -0.39 is 0 Å². The molecule has 3 heterocycles. The molecule has 2 N–H and O–H groups in total. The fraction of sp³-hybridized carbons (Fsp3) is 0.207. The van der Waals surface area contributed by atoms with Crippen LogP contribution in [0.2, 0.25) is 0 Å². The molecule has 1 aliphatic rings. The van der Waals surface area contributed by atoms with Crippen LogP contribution >= 0.6 is 28.1 Å². The first kappa shape index (κ1) is 26.1. The summed E-state index contributed by atoms with van der Waals surface area (Å²) in [7, 11) is 0. The zero-order valence-electron chi connectivity index (χ0n) is 21.0. The number of thiocarbonyl (C=S) groups is 1. The third kappa shape index (κ3) is 5.08. The van der Waals surface area contributed by atoms with Gasteiger partial charge in [-0.1, -0.05) is 19.9 Å². The first-order valence-electron chi connectivity index (χ1n) is 12.2. The van der Waals surface area contributed by atoms with E-state index in [0.29, 0.717) is 21.1 Å². The number of hydrogen-bond donors (Lipinski definition) is 2. The van der Waals surface area contributed by atoms with E-state index in [9.17, 15) is 9.18 Å². The molecule has 194 valence electrons. The number of furan rings is 1. The molecule has 0 aliphatic carbocycles. The van der Waals surface area contributed by atoms with E-state index in [1.54, 1.807) is 12.3 Å². The highest BCUT2D eigenvalue weighted by molar-refractivity contribution is 9.10. The zero-order valence-corrected chi connectivity index (χ0v) is 23.4. The standard InChI is InChI=1S/C29H26BrFN4O2S/c1-16(2)28(36)33-22-10-8-19(14-17(22)3)35-27(26(34-29(35)38)23-6-4-5-13-32-23)25-12-11-24(37-25)20-9-7-18(31)15-21(20)30/h4-16,26-27H,1-3H3,(H,33,36)(H,34,38). The molecule has 0 saturated carbocycles. The van der Waals surface area contributed by atoms with E-state index in [0.717, 1.165) is 28.2 Å². The predicted molar refractivity (Wildman–Crippen MR) is 154 cm³/mol. The van der Waals surface area contributed by atoms with E-state index >= 15 is 0 Å². The average molecular weight is 594 g/mol. The average Bonchev–Trinajstić information content (AvgIpc) is 3.50. The van der Waals surface area contributed by atoms with Crippen molar-refractivity contribution in [3.8, 4) is 11.3 Å². The summed E-state index contributed by atoms with van der Waals surface area (Å²) < 4.78 is 20.7. The number of aromatic nitrogens is 1. The van der Waals surface area contributed by atoms with Gasteiger partial charge in [-0.15, -0.1) is 0 Å². The Hall–Kier alpha value is -3.56. The molecule has 0 radical (unpaired) electrons. The van der Waals surface area contributed by atoms with Gasteiger partial charge >= 0.3 is 0 Å². The number of halogens is 2. The molecule has 1 fully saturated rings. The lowest BCUT2D eigenvalue weighted by Crippen LogP contribution is -2.29. The Morgan fingerprint density at radius 3 is 2.66 bits per heavy atom. The number of hydrogen-bond acceptors (Lipinski definition) is 4. The van der Waals surface area contributed by atoms with E-state index in [1.165, 1.54) is 12.1 Å². The zero-order chi connectivity index (χ0) is 27.0. The number of amides is 1. The number of anilines is 2. The lowest BCUT2D eigenvalue weighted by molar-refractivity contribution is -0.118. The predicted octanol–water partition coefficient (Wildman–Crippen LogP) is 7.32. The maximum Gasteiger partial charge on any atom is 0.226 e. The molecule has 0 bridgehead atoms. The van der Waals surface area contributed by atoms with Crippen molar-refractivity contribution in [3.63, 3.8) is 0 Å². The SMILES string of the molecule is Cc1cc(N2C(=S)NC(c3ccccn3)C2c2ccc(-c3ccc(F)cc3Br)o2)ccc1NC(=O)C(C)C. The van der Waals surface area contributed by atoms with Crippen LogP contribution in [0.3, 0.4) is 0 Å². The van der Waals surface area contributed by atoms with Crippen molar-refractivity contribution in [2.45, 2.75) is 32.9 Å². The number of rotatable bonds is 6. The second kappa shape index (κ2) is 10.7. The van der Waals surface area contributed by atoms with Gasteiger partial charge in [0.25, 0.3) is 0 Å². The molecule has 2 atom stereocenters. The van der Waals surface area contributed by atoms with E-state index in [-0.39, 0.29) is 29.7 Å². The molecular weight excluding hydrogens is 567 g/mol. The topological polar surface area (TPSA) is 70.4 Å². The lowest BCUT2D eigenvalue weighted by Gasteiger charge is -2.27. The smallest absolute Gasteiger partial charge is 0.226 e. The number of pyridine rings is 1. The largest absolute Gasteiger partial charge is 0.459 e. The summed E-state index contributed by atoms with van der Waals surface area (Å²) in [4.78, 5) is 18.9. The number of carbonyl (C=O) groups excluding carboxylic acids is 1. The summed E-state index contributed by atoms with van der Waals surface area (Å²) in [5.74, 6) is 0.786. The highest BCUT2D eigenvalue weighted by Crippen LogP contribution is 2.44. The highest BCUT2D eigenvalue weighted by atomic mass is 79.9. The molecule has 1 amide bonds. The van der Waals surface area contributed by atoms with Crippen LogP contribution < -0.4 is 15.5 Å². The van der Waals surface area contributed by atoms with Crippen molar-refractivity contribution in [3.05, 3.63) is 100 Å². The van der Waals surface area contributed by atoms with Crippen molar-refractivity contribution < 1.29 is 13.6 Å². The van der Waals surface area contributed by atoms with Crippen LogP contribution in [0.5, 0.6) is 0 Å². The van der Waals surface area contributed by atoms with Gasteiger partial charge in [0, 0.05) is 33.5 Å². The number of benzene rings is 2. The molecule has 1 saturated heterocycles. The Kier molecular flexibility index (Phi) is 7.32. The highest BCUT2D eigenvalue weighted by Gasteiger charge is 2.42. The molecule has 9 heteroatoms. The summed E-state index contributed by atoms with van der Waals surface area (Å²) in [6.45, 7) is 5.67. The van der Waals surface area contributed by atoms with Gasteiger partial charge in [-0.2, -0.15) is 0 Å². The van der Waals surface area contributed by atoms with Gasteiger partial charge in [-0.25, -0.2) is 4.39 Å². The number of aryl methyl sites for hydroxylation is 1. The maximum absolute atomic E-state index is 13.7. The monoisotopic (exact) mass is 592 g/mol. The van der Waals surface area contributed by atoms with Crippen molar-refractivity contribution in [2.24, 2.45) is 5.92 Å². The van der Waals surface area contributed by atoms with Gasteiger partial charge in [0.05, 0.1) is 11.7 Å². The molecule has 38 heavy (non-hydrogen) atoms. The number of carbonyl (C=O) groups is 1. The fourth-order valence-corrected chi connectivity index (χ4v) is 5.37. The molecule has 2 aromatic carbocycles. The number of nitrogens with zero attached hydrogens (tertiary/aromatic N) is 2. The van der Waals surface area contributed by atoms with Gasteiger partial charge in [0.1, 0.15) is 23.4 Å². The fourth-order valence-electron chi connectivity index (χ4n) is 4.48. The molecule has 2 unspecified atom stereocenters. The van der Waals surface area contributed by atoms with E-state index in [2.05, 4.69) is 31.5 Å². The second-order valence-electron chi connectivity index (χ2n) is 9.47. The summed E-state index contributed by atoms with van der Waals surface area (Å²) in [5, 5.41) is 6.94. The molecule has 5 rings (SSSR count). The Morgan fingerprint density at radius 2 is 1.97 bits per heavy atom. The van der Waals surface area contributed by atoms with Gasteiger partial charge in [-0.05, 0) is 101 Å². The quantitative estimate of drug-likeness (QED) is 0.228. The van der Waals surface area contributed by atoms with Crippen molar-refractivity contribution in [1.29, 1.82) is 0 Å². The third-order valence-corrected chi connectivity index (χ3v) is 7.45. The van der Waals surface area contributed by atoms with Gasteiger partial charge < -0.3 is 20.0 Å². The van der Waals surface area contributed by atoms with Crippen LogP contribution in [0.4, 0.5) is 15.8 Å². The first-order chi connectivity index (χ1) is 18.2. The number of nitrogens with one attached hydrogen (secondary N) is 2. The first-order valence-corrected chi connectivity index (χ1v) is 13.4. The van der Waals surface area contributed by atoms with Gasteiger partial charge in [-0.3, -0.25) is 9.78 Å². The Balaban J connectivity index is 1.56. The van der Waals surface area contributed by atoms with E-state index in [4.69, 9.17) is 16.6 Å². The normalized spacial score (nSPS) is 17.1. The van der Waals surface area contributed by atoms with Crippen LogP contribution in [0.1, 0.15) is 42.9 Å². The molecule has 6 nitrogen and oxygen atoms in total. The van der Waals surface area contributed by atoms with Crippen molar-refractivity contribution >= 4 is 50.5 Å². The van der Waals surface area contributed by atoms with Crippen LogP contribution in [-0.4, -0.2) is 16.0 Å². The van der Waals surface area contributed by atoms with Gasteiger partial charge in [0.15, 0.2) is 5.11 Å². The minimum absolute atomic E-state index is 0.0395. The van der Waals surface area contributed by atoms with E-state index in [1.807, 2.05) is 74.2 Å². The van der Waals surface area contributed by atoms with Crippen LogP contribution in [0.15, 0.2) is 81.8 Å². The van der Waals surface area contributed by atoms with Crippen LogP contribution in [0, 0.1) is 18.7 Å². The summed E-state index contributed by atoms with van der Waals surface area (Å²) in [6.07, 6.45) is 1.75. The molecular formula is C29H26BrFN4O2S. The minimum atomic E-state index is -0.346. The second-order valence-corrected chi connectivity index (χ2v) is 10.7. The lowest BCUT2D eigenvalue weighted by atomic mass is 10.0. The minimum Gasteiger partial charge on any atom is -0.459 e. The molecule has 4 aromatic rings. The summed E-state index contributed by atoms with van der Waals surface area (Å²) in [6, 6.07) is 19.2. The van der Waals surface area contributed by atoms with Crippen LogP contribution in [0.25, 0.3) is 11.3 Å². The Bertz CT molecular complexity index is 1510. The van der Waals surface area contributed by atoms with Crippen LogP contribution in [-0.2, 0) is 4.79 Å². The maximum atomic E-state index is 13.7. The third-order valence-electron chi connectivity index (χ3n) is 6.48. The molecule has 2 aromatic heterocycles. The van der Waals surface area contributed by atoms with Crippen molar-refractivity contribution in [1.82, 2.24) is 10.3 Å². The van der Waals surface area contributed by atoms with Gasteiger partial charge in [0.2, 0.25) is 5.91 Å².